The van der Waals surface area contributed by atoms with E-state index in [1.165, 1.54) is 0 Å². The van der Waals surface area contributed by atoms with Crippen molar-refractivity contribution in [2.75, 3.05) is 19.8 Å². The summed E-state index contributed by atoms with van der Waals surface area (Å²) in [5, 5.41) is 10.1. The van der Waals surface area contributed by atoms with Gasteiger partial charge in [-0.2, -0.15) is 16.7 Å². The lowest BCUT2D eigenvalue weighted by Gasteiger charge is -2.23. The highest BCUT2D eigenvalue weighted by Gasteiger charge is 2.16. The SMILES string of the molecule is CN=C(NCc1nc(C)no1)NCC(C)(C)SC.I. The van der Waals surface area contributed by atoms with Gasteiger partial charge in [-0.1, -0.05) is 5.16 Å². The fourth-order valence-electron chi connectivity index (χ4n) is 1.16. The average Bonchev–Trinajstić information content (AvgIpc) is 2.75. The second kappa shape index (κ2) is 8.62. The molecule has 0 aliphatic carbocycles. The number of nitrogens with one attached hydrogen (secondary N) is 2. The van der Waals surface area contributed by atoms with Crippen LogP contribution in [-0.2, 0) is 6.54 Å². The van der Waals surface area contributed by atoms with Crippen LogP contribution in [0.25, 0.3) is 0 Å². The molecule has 110 valence electrons. The molecule has 1 aromatic rings. The summed E-state index contributed by atoms with van der Waals surface area (Å²) in [6.07, 6.45) is 2.10. The number of guanidine groups is 1. The van der Waals surface area contributed by atoms with E-state index in [1.54, 1.807) is 14.0 Å². The molecule has 0 fully saturated rings. The summed E-state index contributed by atoms with van der Waals surface area (Å²) in [6.45, 7) is 7.45. The van der Waals surface area contributed by atoms with Gasteiger partial charge in [0.1, 0.15) is 0 Å². The zero-order chi connectivity index (χ0) is 13.6. The molecule has 0 spiro atoms. The average molecular weight is 399 g/mol. The molecule has 1 aromatic heterocycles. The van der Waals surface area contributed by atoms with Gasteiger partial charge in [0, 0.05) is 18.3 Å². The van der Waals surface area contributed by atoms with Crippen molar-refractivity contribution in [2.45, 2.75) is 32.1 Å². The Morgan fingerprint density at radius 1 is 1.42 bits per heavy atom. The van der Waals surface area contributed by atoms with E-state index in [2.05, 4.69) is 45.9 Å². The predicted octanol–water partition coefficient (Wildman–Crippen LogP) is 1.80. The molecule has 0 aliphatic rings. The van der Waals surface area contributed by atoms with E-state index in [1.807, 2.05) is 11.8 Å². The number of aromatic nitrogens is 2. The van der Waals surface area contributed by atoms with Crippen LogP contribution < -0.4 is 10.6 Å². The van der Waals surface area contributed by atoms with E-state index in [4.69, 9.17) is 4.52 Å². The van der Waals surface area contributed by atoms with Crippen LogP contribution in [0.4, 0.5) is 0 Å². The Kier molecular flexibility index (Phi) is 8.39. The molecule has 8 heteroatoms. The van der Waals surface area contributed by atoms with Crippen LogP contribution in [0.5, 0.6) is 0 Å². The highest BCUT2D eigenvalue weighted by Crippen LogP contribution is 2.19. The molecule has 6 nitrogen and oxygen atoms in total. The second-order valence-electron chi connectivity index (χ2n) is 4.48. The van der Waals surface area contributed by atoms with Gasteiger partial charge in [0.15, 0.2) is 11.8 Å². The maximum Gasteiger partial charge on any atom is 0.246 e. The number of aliphatic imine (C=N–C) groups is 1. The number of halogens is 1. The Bertz CT molecular complexity index is 408. The maximum atomic E-state index is 5.02. The fourth-order valence-corrected chi connectivity index (χ4v) is 1.38. The summed E-state index contributed by atoms with van der Waals surface area (Å²) in [5.41, 5.74) is 0. The van der Waals surface area contributed by atoms with E-state index in [9.17, 15) is 0 Å². The van der Waals surface area contributed by atoms with Crippen LogP contribution in [-0.4, -0.2) is 40.7 Å². The molecule has 0 unspecified atom stereocenters. The number of thioether (sulfide) groups is 1. The minimum Gasteiger partial charge on any atom is -0.355 e. The van der Waals surface area contributed by atoms with Crippen LogP contribution in [0.3, 0.4) is 0 Å². The van der Waals surface area contributed by atoms with Gasteiger partial charge in [-0.05, 0) is 27.0 Å². The lowest BCUT2D eigenvalue weighted by Crippen LogP contribution is -2.43. The molecule has 19 heavy (non-hydrogen) atoms. The summed E-state index contributed by atoms with van der Waals surface area (Å²) in [5.74, 6) is 1.92. The standard InChI is InChI=1S/C11H21N5OS.HI/c1-8-15-9(17-16-8)6-13-10(12-4)14-7-11(2,3)18-5;/h6-7H2,1-5H3,(H2,12,13,14);1H. The van der Waals surface area contributed by atoms with Crippen molar-refractivity contribution in [3.05, 3.63) is 11.7 Å². The molecule has 0 radical (unpaired) electrons. The first-order valence-electron chi connectivity index (χ1n) is 5.75. The van der Waals surface area contributed by atoms with Crippen molar-refractivity contribution < 1.29 is 4.52 Å². The summed E-state index contributed by atoms with van der Waals surface area (Å²) in [4.78, 5) is 8.26. The van der Waals surface area contributed by atoms with Crippen LogP contribution in [0.15, 0.2) is 9.52 Å². The van der Waals surface area contributed by atoms with E-state index < -0.39 is 0 Å². The summed E-state index contributed by atoms with van der Waals surface area (Å²) in [7, 11) is 1.74. The largest absolute Gasteiger partial charge is 0.355 e. The van der Waals surface area contributed by atoms with Gasteiger partial charge < -0.3 is 15.2 Å². The quantitative estimate of drug-likeness (QED) is 0.447. The van der Waals surface area contributed by atoms with Gasteiger partial charge in [0.05, 0.1) is 6.54 Å². The molecule has 0 bridgehead atoms. The number of hydrogen-bond donors (Lipinski definition) is 2. The number of rotatable bonds is 5. The zero-order valence-electron chi connectivity index (χ0n) is 12.0. The summed E-state index contributed by atoms with van der Waals surface area (Å²) in [6, 6.07) is 0. The molecular weight excluding hydrogens is 377 g/mol. The fraction of sp³-hybridized carbons (Fsp3) is 0.727. The van der Waals surface area contributed by atoms with Crippen molar-refractivity contribution in [3.8, 4) is 0 Å². The molecule has 2 N–H and O–H groups in total. The molecule has 1 rings (SSSR count). The normalized spacial score (nSPS) is 11.9. The minimum absolute atomic E-state index is 0. The van der Waals surface area contributed by atoms with Crippen LogP contribution in [0.1, 0.15) is 25.6 Å². The smallest absolute Gasteiger partial charge is 0.246 e. The van der Waals surface area contributed by atoms with Gasteiger partial charge in [-0.25, -0.2) is 0 Å². The summed E-state index contributed by atoms with van der Waals surface area (Å²) < 4.78 is 5.18. The third-order valence-corrected chi connectivity index (χ3v) is 3.68. The zero-order valence-corrected chi connectivity index (χ0v) is 15.1. The first-order chi connectivity index (χ1) is 8.46. The number of aryl methyl sites for hydroxylation is 1. The third-order valence-electron chi connectivity index (χ3n) is 2.43. The Hall–Kier alpha value is -0.510. The highest BCUT2D eigenvalue weighted by molar-refractivity contribution is 14.0. The number of nitrogens with zero attached hydrogens (tertiary/aromatic N) is 3. The lowest BCUT2D eigenvalue weighted by atomic mass is 10.2. The summed E-state index contributed by atoms with van der Waals surface area (Å²) >= 11 is 1.81. The monoisotopic (exact) mass is 399 g/mol. The lowest BCUT2D eigenvalue weighted by molar-refractivity contribution is 0.371. The van der Waals surface area contributed by atoms with Gasteiger partial charge in [-0.3, -0.25) is 4.99 Å². The van der Waals surface area contributed by atoms with Crippen molar-refractivity contribution in [1.29, 1.82) is 0 Å². The first kappa shape index (κ1) is 18.5. The molecular formula is C11H22IN5OS. The Balaban J connectivity index is 0.00000324. The molecule has 0 amide bonds. The minimum atomic E-state index is 0. The Morgan fingerprint density at radius 3 is 2.58 bits per heavy atom. The maximum absolute atomic E-state index is 5.02. The van der Waals surface area contributed by atoms with Crippen molar-refractivity contribution in [1.82, 2.24) is 20.8 Å². The predicted molar refractivity (Wildman–Crippen MR) is 90.2 cm³/mol. The molecule has 0 saturated carbocycles. The van der Waals surface area contributed by atoms with Gasteiger partial charge in [-0.15, -0.1) is 24.0 Å². The third kappa shape index (κ3) is 7.00. The number of hydrogen-bond acceptors (Lipinski definition) is 5. The van der Waals surface area contributed by atoms with Gasteiger partial charge in [0.25, 0.3) is 0 Å². The molecule has 0 saturated heterocycles. The van der Waals surface area contributed by atoms with Gasteiger partial charge in [0.2, 0.25) is 5.89 Å². The van der Waals surface area contributed by atoms with Crippen LogP contribution in [0.2, 0.25) is 0 Å². The molecule has 0 aromatic carbocycles. The van der Waals surface area contributed by atoms with Crippen molar-refractivity contribution >= 4 is 41.7 Å². The van der Waals surface area contributed by atoms with Crippen LogP contribution in [0, 0.1) is 6.92 Å². The first-order valence-corrected chi connectivity index (χ1v) is 6.98. The van der Waals surface area contributed by atoms with E-state index in [0.29, 0.717) is 18.3 Å². The Labute approximate surface area is 135 Å². The van der Waals surface area contributed by atoms with Crippen molar-refractivity contribution in [3.63, 3.8) is 0 Å². The van der Waals surface area contributed by atoms with Crippen molar-refractivity contribution in [2.24, 2.45) is 4.99 Å². The van der Waals surface area contributed by atoms with Crippen LogP contribution >= 0.6 is 35.7 Å². The second-order valence-corrected chi connectivity index (χ2v) is 5.99. The van der Waals surface area contributed by atoms with E-state index in [-0.39, 0.29) is 28.7 Å². The molecule has 0 atom stereocenters. The topological polar surface area (TPSA) is 75.3 Å². The molecule has 0 aliphatic heterocycles. The van der Waals surface area contributed by atoms with E-state index >= 15 is 0 Å². The van der Waals surface area contributed by atoms with E-state index in [0.717, 1.165) is 12.5 Å². The van der Waals surface area contributed by atoms with Gasteiger partial charge >= 0.3 is 0 Å². The molecule has 1 heterocycles. The highest BCUT2D eigenvalue weighted by atomic mass is 127. The Morgan fingerprint density at radius 2 is 2.11 bits per heavy atom.